The molecule has 0 aliphatic heterocycles. The van der Waals surface area contributed by atoms with Crippen molar-refractivity contribution in [2.45, 2.75) is 11.4 Å². The molecule has 0 spiro atoms. The maximum Gasteiger partial charge on any atom is 0.378 e. The van der Waals surface area contributed by atoms with Gasteiger partial charge in [-0.1, -0.05) is 24.3 Å². The van der Waals surface area contributed by atoms with Crippen molar-refractivity contribution in [2.75, 3.05) is 0 Å². The summed E-state index contributed by atoms with van der Waals surface area (Å²) >= 11 is 0. The van der Waals surface area contributed by atoms with Crippen molar-refractivity contribution in [3.63, 3.8) is 0 Å². The van der Waals surface area contributed by atoms with E-state index in [0.29, 0.717) is 5.75 Å². The van der Waals surface area contributed by atoms with Crippen LogP contribution >= 0.6 is 0 Å². The highest BCUT2D eigenvalue weighted by atomic mass is 32.2. The fourth-order valence-electron chi connectivity index (χ4n) is 2.78. The number of hydrogen-bond acceptors (Lipinski definition) is 6. The average molecular weight is 415 g/mol. The number of hydrogen-bond donors (Lipinski definition) is 1. The Balaban J connectivity index is 2.08. The van der Waals surface area contributed by atoms with Crippen LogP contribution in [-0.2, 0) is 21.5 Å². The van der Waals surface area contributed by atoms with Crippen LogP contribution in [0, 0.1) is 10.1 Å². The molecule has 0 saturated carbocycles. The Morgan fingerprint density at radius 2 is 1.72 bits per heavy atom. The lowest BCUT2D eigenvalue weighted by molar-refractivity contribution is -0.675. The van der Waals surface area contributed by atoms with Crippen LogP contribution in [0.15, 0.2) is 77.8 Å². The minimum Gasteiger partial charge on any atom is -0.422 e. The molecule has 0 fully saturated rings. The van der Waals surface area contributed by atoms with Gasteiger partial charge in [0.2, 0.25) is 12.2 Å². The predicted octanol–water partition coefficient (Wildman–Crippen LogP) is 2.40. The molecule has 0 atom stereocenters. The van der Waals surface area contributed by atoms with E-state index in [1.807, 2.05) is 0 Å². The lowest BCUT2D eigenvalue weighted by atomic mass is 10.1. The summed E-state index contributed by atoms with van der Waals surface area (Å²) in [6.45, 7) is -0.345. The molecule has 2 aromatic carbocycles. The monoisotopic (exact) mass is 415 g/mol. The molecular formula is C19H15N2O7S+. The number of para-hydroxylation sites is 1. The van der Waals surface area contributed by atoms with Gasteiger partial charge in [0.1, 0.15) is 16.2 Å². The fraction of sp³-hybridized carbons (Fsp3) is 0.0526. The molecule has 0 amide bonds. The summed E-state index contributed by atoms with van der Waals surface area (Å²) in [7, 11) is -4.77. The molecule has 0 radical (unpaired) electrons. The smallest absolute Gasteiger partial charge is 0.378 e. The van der Waals surface area contributed by atoms with E-state index >= 15 is 0 Å². The summed E-state index contributed by atoms with van der Waals surface area (Å²) < 4.78 is 39.7. The lowest BCUT2D eigenvalue weighted by Crippen LogP contribution is -2.41. The minimum atomic E-state index is -4.77. The van der Waals surface area contributed by atoms with E-state index < -0.39 is 31.6 Å². The molecule has 148 valence electrons. The van der Waals surface area contributed by atoms with Gasteiger partial charge in [0.15, 0.2) is 6.20 Å². The number of rotatable bonds is 6. The molecule has 1 N–H and O–H groups in total. The zero-order valence-electron chi connectivity index (χ0n) is 14.8. The molecule has 0 bridgehead atoms. The maximum absolute atomic E-state index is 12.3. The summed E-state index contributed by atoms with van der Waals surface area (Å²) in [5.41, 5.74) is -0.804. The number of ether oxygens (including phenoxy) is 1. The highest BCUT2D eigenvalue weighted by Gasteiger charge is 2.31. The SMILES string of the molecule is O=C(C[n+]1ccccc1-c1c([N+](=O)[O-])cccc1S(=O)(=O)O)Oc1ccccc1. The van der Waals surface area contributed by atoms with Gasteiger partial charge in [0, 0.05) is 18.2 Å². The average Bonchev–Trinajstić information content (AvgIpc) is 2.68. The second-order valence-electron chi connectivity index (χ2n) is 5.88. The Kier molecular flexibility index (Phi) is 5.66. The molecule has 1 heterocycles. The topological polar surface area (TPSA) is 128 Å². The van der Waals surface area contributed by atoms with E-state index in [2.05, 4.69) is 0 Å². The molecular weight excluding hydrogens is 400 g/mol. The van der Waals surface area contributed by atoms with E-state index in [1.165, 1.54) is 22.9 Å². The predicted molar refractivity (Wildman–Crippen MR) is 101 cm³/mol. The lowest BCUT2D eigenvalue weighted by Gasteiger charge is -2.08. The fourth-order valence-corrected chi connectivity index (χ4v) is 3.49. The second-order valence-corrected chi connectivity index (χ2v) is 7.27. The largest absolute Gasteiger partial charge is 0.422 e. The molecule has 9 nitrogen and oxygen atoms in total. The molecule has 0 unspecified atom stereocenters. The van der Waals surface area contributed by atoms with Crippen LogP contribution in [0.4, 0.5) is 5.69 Å². The van der Waals surface area contributed by atoms with Gasteiger partial charge in [-0.2, -0.15) is 13.0 Å². The van der Waals surface area contributed by atoms with E-state index in [4.69, 9.17) is 4.74 Å². The standard InChI is InChI=1S/C19H14N2O7S/c22-18(28-14-7-2-1-3-8-14)13-20-12-5-4-9-15(20)19-16(21(23)24)10-6-11-17(19)29(25,26)27/h1-12H,13H2/p+1. The number of nitrogens with zero attached hydrogens (tertiary/aromatic N) is 2. The Morgan fingerprint density at radius 3 is 2.38 bits per heavy atom. The molecule has 0 saturated heterocycles. The van der Waals surface area contributed by atoms with Gasteiger partial charge in [-0.05, 0) is 24.3 Å². The number of benzene rings is 2. The molecule has 3 rings (SSSR count). The number of aromatic nitrogens is 1. The van der Waals surface area contributed by atoms with Gasteiger partial charge < -0.3 is 4.74 Å². The normalized spacial score (nSPS) is 11.1. The van der Waals surface area contributed by atoms with Gasteiger partial charge in [0.05, 0.1) is 4.92 Å². The van der Waals surface area contributed by atoms with Gasteiger partial charge in [-0.3, -0.25) is 14.7 Å². The first kappa shape index (κ1) is 20.1. The second kappa shape index (κ2) is 8.17. The van der Waals surface area contributed by atoms with E-state index in [-0.39, 0.29) is 17.8 Å². The summed E-state index contributed by atoms with van der Waals surface area (Å²) in [5, 5.41) is 11.5. The van der Waals surface area contributed by atoms with E-state index in [9.17, 15) is 27.9 Å². The molecule has 10 heteroatoms. The first-order valence-electron chi connectivity index (χ1n) is 8.27. The van der Waals surface area contributed by atoms with Gasteiger partial charge >= 0.3 is 5.97 Å². The molecule has 0 aliphatic rings. The summed E-state index contributed by atoms with van der Waals surface area (Å²) in [4.78, 5) is 22.4. The molecule has 0 aliphatic carbocycles. The molecule has 3 aromatic rings. The number of esters is 1. The maximum atomic E-state index is 12.3. The summed E-state index contributed by atoms with van der Waals surface area (Å²) in [5.74, 6) is -0.347. The van der Waals surface area contributed by atoms with Crippen molar-refractivity contribution in [3.05, 3.63) is 83.0 Å². The number of carbonyl (C=O) groups is 1. The van der Waals surface area contributed by atoms with Crippen molar-refractivity contribution < 1.29 is 32.0 Å². The minimum absolute atomic E-state index is 0.0532. The van der Waals surface area contributed by atoms with Crippen LogP contribution in [0.3, 0.4) is 0 Å². The molecule has 29 heavy (non-hydrogen) atoms. The van der Waals surface area contributed by atoms with Gasteiger partial charge in [-0.25, -0.2) is 4.79 Å². The van der Waals surface area contributed by atoms with Crippen LogP contribution in [0.25, 0.3) is 11.3 Å². The van der Waals surface area contributed by atoms with Gasteiger partial charge in [-0.15, -0.1) is 0 Å². The third-order valence-corrected chi connectivity index (χ3v) is 4.85. The number of nitro groups is 1. The summed E-state index contributed by atoms with van der Waals surface area (Å²) in [6, 6.07) is 16.1. The first-order chi connectivity index (χ1) is 13.8. The Labute approximate surface area is 165 Å². The van der Waals surface area contributed by atoms with Gasteiger partial charge in [0.25, 0.3) is 15.8 Å². The zero-order valence-corrected chi connectivity index (χ0v) is 15.7. The Morgan fingerprint density at radius 1 is 1.03 bits per heavy atom. The highest BCUT2D eigenvalue weighted by Crippen LogP contribution is 2.33. The van der Waals surface area contributed by atoms with Crippen LogP contribution in [0.1, 0.15) is 0 Å². The van der Waals surface area contributed by atoms with Crippen LogP contribution < -0.4 is 9.30 Å². The van der Waals surface area contributed by atoms with Crippen molar-refractivity contribution >= 4 is 21.8 Å². The van der Waals surface area contributed by atoms with E-state index in [0.717, 1.165) is 18.2 Å². The van der Waals surface area contributed by atoms with Crippen molar-refractivity contribution in [3.8, 4) is 17.0 Å². The van der Waals surface area contributed by atoms with Crippen molar-refractivity contribution in [2.24, 2.45) is 0 Å². The van der Waals surface area contributed by atoms with Crippen LogP contribution in [0.2, 0.25) is 0 Å². The quantitative estimate of drug-likeness (QED) is 0.163. The first-order valence-corrected chi connectivity index (χ1v) is 9.71. The number of nitro benzene ring substituents is 1. The van der Waals surface area contributed by atoms with Crippen LogP contribution in [0.5, 0.6) is 5.75 Å². The van der Waals surface area contributed by atoms with E-state index in [1.54, 1.807) is 36.4 Å². The molecule has 1 aromatic heterocycles. The van der Waals surface area contributed by atoms with Crippen molar-refractivity contribution in [1.82, 2.24) is 0 Å². The Hall–Kier alpha value is -3.63. The third-order valence-electron chi connectivity index (χ3n) is 3.95. The number of pyridine rings is 1. The summed E-state index contributed by atoms with van der Waals surface area (Å²) in [6.07, 6.45) is 1.45. The Bertz CT molecular complexity index is 1180. The zero-order chi connectivity index (χ0) is 21.0. The van der Waals surface area contributed by atoms with Crippen molar-refractivity contribution in [1.29, 1.82) is 0 Å². The van der Waals surface area contributed by atoms with Crippen LogP contribution in [-0.4, -0.2) is 23.9 Å². The third kappa shape index (κ3) is 4.62. The number of carbonyl (C=O) groups excluding carboxylic acids is 1. The highest BCUT2D eigenvalue weighted by molar-refractivity contribution is 7.86.